The van der Waals surface area contributed by atoms with Crippen LogP contribution in [0.3, 0.4) is 0 Å². The van der Waals surface area contributed by atoms with Gasteiger partial charge in [-0.3, -0.25) is 0 Å². The lowest BCUT2D eigenvalue weighted by molar-refractivity contribution is -0.896. The van der Waals surface area contributed by atoms with Crippen LogP contribution in [0.4, 0.5) is 0 Å². The lowest BCUT2D eigenvalue weighted by Crippen LogP contribution is -3.11. The summed E-state index contributed by atoms with van der Waals surface area (Å²) >= 11 is 3.39. The molecule has 0 fully saturated rings. The van der Waals surface area contributed by atoms with Gasteiger partial charge < -0.3 is 4.90 Å². The quantitative estimate of drug-likeness (QED) is 0.677. The Morgan fingerprint density at radius 1 is 1.27 bits per heavy atom. The van der Waals surface area contributed by atoms with Crippen LogP contribution in [0, 0.1) is 6.92 Å². The van der Waals surface area contributed by atoms with Crippen molar-refractivity contribution in [1.82, 2.24) is 4.72 Å². The van der Waals surface area contributed by atoms with Gasteiger partial charge >= 0.3 is 0 Å². The summed E-state index contributed by atoms with van der Waals surface area (Å²) in [7, 11) is -3.44. The highest BCUT2D eigenvalue weighted by Crippen LogP contribution is 2.20. The molecular formula is C16H28BrN2O2S+. The Labute approximate surface area is 143 Å². The molecule has 0 bridgehead atoms. The van der Waals surface area contributed by atoms with E-state index in [9.17, 15) is 8.42 Å². The Morgan fingerprint density at radius 3 is 2.45 bits per heavy atom. The Morgan fingerprint density at radius 2 is 1.91 bits per heavy atom. The zero-order chi connectivity index (χ0) is 16.8. The molecule has 0 heterocycles. The fourth-order valence-corrected chi connectivity index (χ4v) is 4.05. The van der Waals surface area contributed by atoms with Gasteiger partial charge in [0.05, 0.1) is 24.5 Å². The van der Waals surface area contributed by atoms with E-state index in [0.29, 0.717) is 4.90 Å². The van der Waals surface area contributed by atoms with Crippen molar-refractivity contribution in [2.45, 2.75) is 51.5 Å². The predicted octanol–water partition coefficient (Wildman–Crippen LogP) is 2.13. The maximum absolute atomic E-state index is 12.4. The van der Waals surface area contributed by atoms with Crippen molar-refractivity contribution in [2.24, 2.45) is 0 Å². The molecule has 126 valence electrons. The summed E-state index contributed by atoms with van der Waals surface area (Å²) in [4.78, 5) is 1.88. The molecule has 1 rings (SSSR count). The standard InChI is InChI=1S/C16H27BrN2O2S/c1-5-19(6-2)11-7-8-14(4)18-22(20,21)15-9-10-16(17)13(3)12-15/h9-10,12,14,18H,5-8,11H2,1-4H3/p+1/t14-/m1/s1. The normalized spacial score (nSPS) is 13.5. The van der Waals surface area contributed by atoms with Gasteiger partial charge in [-0.05, 0) is 64.3 Å². The Bertz CT molecular complexity index is 572. The number of halogens is 1. The SMILES string of the molecule is CC[NH+](CC)CCC[C@@H](C)NS(=O)(=O)c1ccc(Br)c(C)c1. The number of nitrogens with one attached hydrogen (secondary N) is 2. The summed E-state index contributed by atoms with van der Waals surface area (Å²) in [5.41, 5.74) is 0.917. The lowest BCUT2D eigenvalue weighted by Gasteiger charge is -2.18. The molecule has 0 amide bonds. The summed E-state index contributed by atoms with van der Waals surface area (Å²) in [5, 5.41) is 0. The summed E-state index contributed by atoms with van der Waals surface area (Å²) in [6, 6.07) is 5.05. The first-order valence-corrected chi connectivity index (χ1v) is 10.2. The van der Waals surface area contributed by atoms with Gasteiger partial charge in [-0.15, -0.1) is 0 Å². The fourth-order valence-electron chi connectivity index (χ4n) is 2.44. The highest BCUT2D eigenvalue weighted by Gasteiger charge is 2.18. The molecule has 0 radical (unpaired) electrons. The minimum Gasteiger partial charge on any atom is -0.335 e. The van der Waals surface area contributed by atoms with Gasteiger partial charge in [-0.1, -0.05) is 15.9 Å². The highest BCUT2D eigenvalue weighted by molar-refractivity contribution is 9.10. The van der Waals surface area contributed by atoms with Crippen molar-refractivity contribution < 1.29 is 13.3 Å². The Kier molecular flexibility index (Phi) is 8.03. The molecule has 4 nitrogen and oxygen atoms in total. The topological polar surface area (TPSA) is 50.6 Å². The summed E-state index contributed by atoms with van der Waals surface area (Å²) < 4.78 is 28.5. The van der Waals surface area contributed by atoms with Gasteiger partial charge in [-0.2, -0.15) is 0 Å². The van der Waals surface area contributed by atoms with Gasteiger partial charge in [0.2, 0.25) is 10.0 Å². The fraction of sp³-hybridized carbons (Fsp3) is 0.625. The van der Waals surface area contributed by atoms with Crippen LogP contribution >= 0.6 is 15.9 Å². The third-order valence-corrected chi connectivity index (χ3v) is 6.44. The average Bonchev–Trinajstić information content (AvgIpc) is 2.46. The van der Waals surface area contributed by atoms with E-state index in [2.05, 4.69) is 34.5 Å². The second-order valence-electron chi connectivity index (χ2n) is 5.78. The van der Waals surface area contributed by atoms with Crippen molar-refractivity contribution in [3.63, 3.8) is 0 Å². The zero-order valence-corrected chi connectivity index (χ0v) is 16.4. The number of sulfonamides is 1. The maximum Gasteiger partial charge on any atom is 0.240 e. The number of hydrogen-bond donors (Lipinski definition) is 2. The second kappa shape index (κ2) is 9.01. The molecule has 0 spiro atoms. The first kappa shape index (κ1) is 19.6. The number of hydrogen-bond acceptors (Lipinski definition) is 2. The molecule has 1 atom stereocenters. The number of rotatable bonds is 9. The van der Waals surface area contributed by atoms with E-state index in [1.165, 1.54) is 0 Å². The summed E-state index contributed by atoms with van der Waals surface area (Å²) in [6.45, 7) is 11.5. The lowest BCUT2D eigenvalue weighted by atomic mass is 10.2. The van der Waals surface area contributed by atoms with Gasteiger partial charge in [0.25, 0.3) is 0 Å². The van der Waals surface area contributed by atoms with Crippen molar-refractivity contribution >= 4 is 26.0 Å². The largest absolute Gasteiger partial charge is 0.335 e. The first-order valence-electron chi connectivity index (χ1n) is 7.92. The Hall–Kier alpha value is -0.430. The average molecular weight is 392 g/mol. The molecular weight excluding hydrogens is 364 g/mol. The second-order valence-corrected chi connectivity index (χ2v) is 8.35. The van der Waals surface area contributed by atoms with Gasteiger partial charge in [0, 0.05) is 10.5 Å². The molecule has 6 heteroatoms. The maximum atomic E-state index is 12.4. The molecule has 1 aromatic carbocycles. The molecule has 0 aliphatic heterocycles. The highest BCUT2D eigenvalue weighted by atomic mass is 79.9. The van der Waals surface area contributed by atoms with Crippen LogP contribution in [0.2, 0.25) is 0 Å². The van der Waals surface area contributed by atoms with Gasteiger partial charge in [0.15, 0.2) is 0 Å². The Balaban J connectivity index is 2.58. The molecule has 2 N–H and O–H groups in total. The van der Waals surface area contributed by atoms with E-state index < -0.39 is 10.0 Å². The number of quaternary nitrogens is 1. The van der Waals surface area contributed by atoms with Crippen LogP contribution in [0.15, 0.2) is 27.6 Å². The van der Waals surface area contributed by atoms with Crippen molar-refractivity contribution in [1.29, 1.82) is 0 Å². The van der Waals surface area contributed by atoms with Crippen LogP contribution in [0.1, 0.15) is 39.2 Å². The van der Waals surface area contributed by atoms with Crippen molar-refractivity contribution in [3.8, 4) is 0 Å². The number of benzene rings is 1. The molecule has 22 heavy (non-hydrogen) atoms. The van der Waals surface area contributed by atoms with E-state index in [0.717, 1.165) is 42.5 Å². The first-order chi connectivity index (χ1) is 10.3. The van der Waals surface area contributed by atoms with Crippen LogP contribution in [-0.2, 0) is 10.0 Å². The van der Waals surface area contributed by atoms with Crippen LogP contribution < -0.4 is 9.62 Å². The third kappa shape index (κ3) is 5.99. The molecule has 0 unspecified atom stereocenters. The van der Waals surface area contributed by atoms with E-state index in [1.54, 1.807) is 23.1 Å². The van der Waals surface area contributed by atoms with Crippen LogP contribution in [-0.4, -0.2) is 34.1 Å². The smallest absolute Gasteiger partial charge is 0.240 e. The van der Waals surface area contributed by atoms with E-state index in [-0.39, 0.29) is 6.04 Å². The van der Waals surface area contributed by atoms with Crippen LogP contribution in [0.5, 0.6) is 0 Å². The molecule has 0 saturated heterocycles. The van der Waals surface area contributed by atoms with Gasteiger partial charge in [-0.25, -0.2) is 13.1 Å². The van der Waals surface area contributed by atoms with E-state index >= 15 is 0 Å². The summed E-state index contributed by atoms with van der Waals surface area (Å²) in [6.07, 6.45) is 1.89. The minimum atomic E-state index is -3.44. The predicted molar refractivity (Wildman–Crippen MR) is 94.8 cm³/mol. The van der Waals surface area contributed by atoms with E-state index in [1.807, 2.05) is 13.8 Å². The third-order valence-electron chi connectivity index (χ3n) is 3.96. The molecule has 1 aromatic rings. The van der Waals surface area contributed by atoms with Crippen LogP contribution in [0.25, 0.3) is 0 Å². The molecule has 0 aliphatic carbocycles. The van der Waals surface area contributed by atoms with Gasteiger partial charge in [0.1, 0.15) is 0 Å². The molecule has 0 aromatic heterocycles. The van der Waals surface area contributed by atoms with E-state index in [4.69, 9.17) is 0 Å². The van der Waals surface area contributed by atoms with Crippen molar-refractivity contribution in [2.75, 3.05) is 19.6 Å². The molecule has 0 saturated carbocycles. The zero-order valence-electron chi connectivity index (χ0n) is 13.9. The number of aryl methyl sites for hydroxylation is 1. The van der Waals surface area contributed by atoms with Crippen molar-refractivity contribution in [3.05, 3.63) is 28.2 Å². The molecule has 0 aliphatic rings. The monoisotopic (exact) mass is 391 g/mol. The minimum absolute atomic E-state index is 0.0519. The summed E-state index contributed by atoms with van der Waals surface area (Å²) in [5.74, 6) is 0.